The molecule has 0 atom stereocenters. The van der Waals surface area contributed by atoms with Gasteiger partial charge < -0.3 is 9.47 Å². The van der Waals surface area contributed by atoms with Gasteiger partial charge in [0, 0.05) is 32.9 Å². The summed E-state index contributed by atoms with van der Waals surface area (Å²) in [7, 11) is 0. The molecular weight excluding hydrogens is 749 g/mol. The summed E-state index contributed by atoms with van der Waals surface area (Å²) in [5.74, 6) is 0. The Hall–Kier alpha value is -7.16. The molecule has 62 heavy (non-hydrogen) atoms. The predicted molar refractivity (Wildman–Crippen MR) is 267 cm³/mol. The van der Waals surface area contributed by atoms with Gasteiger partial charge in [-0.1, -0.05) is 187 Å². The van der Waals surface area contributed by atoms with Gasteiger partial charge in [-0.25, -0.2) is 0 Å². The molecule has 0 aliphatic heterocycles. The smallest absolute Gasteiger partial charge is 0.0541 e. The van der Waals surface area contributed by atoms with Gasteiger partial charge in [-0.05, 0) is 114 Å². The van der Waals surface area contributed by atoms with E-state index < -0.39 is 0 Å². The van der Waals surface area contributed by atoms with Gasteiger partial charge in [0.2, 0.25) is 0 Å². The molecule has 0 saturated carbocycles. The van der Waals surface area contributed by atoms with Crippen molar-refractivity contribution in [3.05, 3.63) is 205 Å². The third kappa shape index (κ3) is 6.24. The maximum atomic E-state index is 2.46. The van der Waals surface area contributed by atoms with Crippen molar-refractivity contribution in [1.82, 2.24) is 4.57 Å². The van der Waals surface area contributed by atoms with Crippen molar-refractivity contribution in [2.75, 3.05) is 4.90 Å². The molecule has 0 unspecified atom stereocenters. The molecule has 1 aromatic heterocycles. The van der Waals surface area contributed by atoms with Gasteiger partial charge in [0.1, 0.15) is 0 Å². The highest BCUT2D eigenvalue weighted by Gasteiger charge is 2.22. The quantitative estimate of drug-likeness (QED) is 0.152. The third-order valence-corrected chi connectivity index (χ3v) is 13.1. The van der Waals surface area contributed by atoms with E-state index in [4.69, 9.17) is 0 Å². The Bertz CT molecular complexity index is 3370. The predicted octanol–water partition coefficient (Wildman–Crippen LogP) is 17.1. The van der Waals surface area contributed by atoms with Gasteiger partial charge >= 0.3 is 0 Å². The summed E-state index contributed by atoms with van der Waals surface area (Å²) >= 11 is 0. The van der Waals surface area contributed by atoms with Gasteiger partial charge in [-0.3, -0.25) is 0 Å². The van der Waals surface area contributed by atoms with Gasteiger partial charge in [0.05, 0.1) is 22.4 Å². The van der Waals surface area contributed by atoms with E-state index in [9.17, 15) is 0 Å². The van der Waals surface area contributed by atoms with Gasteiger partial charge in [0.25, 0.3) is 0 Å². The summed E-state index contributed by atoms with van der Waals surface area (Å²) in [5.41, 5.74) is 14.8. The second kappa shape index (κ2) is 14.2. The summed E-state index contributed by atoms with van der Waals surface area (Å²) in [6, 6.07) is 72.4. The zero-order valence-corrected chi connectivity index (χ0v) is 36.4. The Balaban J connectivity index is 1.04. The summed E-state index contributed by atoms with van der Waals surface area (Å²) < 4.78 is 2.46. The summed E-state index contributed by atoms with van der Waals surface area (Å²) in [6.45, 7) is 13.6. The molecular formula is C60H50N2. The molecule has 0 amide bonds. The number of nitrogens with zero attached hydrogens (tertiary/aromatic N) is 2. The van der Waals surface area contributed by atoms with Crippen LogP contribution in [0.4, 0.5) is 17.1 Å². The molecule has 2 heteroatoms. The molecule has 0 spiro atoms. The van der Waals surface area contributed by atoms with Crippen LogP contribution in [-0.2, 0) is 10.8 Å². The van der Waals surface area contributed by atoms with E-state index in [-0.39, 0.29) is 10.8 Å². The normalized spacial score (nSPS) is 12.4. The average molecular weight is 799 g/mol. The first-order valence-electron chi connectivity index (χ1n) is 21.9. The maximum Gasteiger partial charge on any atom is 0.0541 e. The third-order valence-electron chi connectivity index (χ3n) is 13.1. The lowest BCUT2D eigenvalue weighted by Gasteiger charge is -2.29. The molecule has 0 bridgehead atoms. The summed E-state index contributed by atoms with van der Waals surface area (Å²) in [6.07, 6.45) is 0. The minimum Gasteiger partial charge on any atom is -0.310 e. The van der Waals surface area contributed by atoms with Gasteiger partial charge in [-0.15, -0.1) is 0 Å². The van der Waals surface area contributed by atoms with Crippen LogP contribution in [0.1, 0.15) is 52.7 Å². The first-order chi connectivity index (χ1) is 30.0. The highest BCUT2D eigenvalue weighted by atomic mass is 15.1. The lowest BCUT2D eigenvalue weighted by Crippen LogP contribution is -2.13. The zero-order valence-electron chi connectivity index (χ0n) is 36.4. The highest BCUT2D eigenvalue weighted by Crippen LogP contribution is 2.46. The Kier molecular flexibility index (Phi) is 8.67. The standard InChI is InChI=1S/C60H50N2/c1-59(2,3)45-27-19-41(20-28-45)39-15-17-40(18-16-39)42-21-31-47(32-22-42)61(48-33-29-46(30-34-48)60(4,5)6)55-37-25-43-24-36-52-56(38-26-44-23-35-51(55)57(43)58(44)52)62-53-13-9-7-11-49(53)50-12-8-10-14-54(50)62/h7-38H,1-6H3. The Labute approximate surface area is 364 Å². The fraction of sp³-hybridized carbons (Fsp3) is 0.133. The second-order valence-corrected chi connectivity index (χ2v) is 19.0. The molecule has 0 N–H and O–H groups in total. The van der Waals surface area contributed by atoms with E-state index in [0.29, 0.717) is 0 Å². The van der Waals surface area contributed by atoms with Crippen LogP contribution in [0.15, 0.2) is 194 Å². The van der Waals surface area contributed by atoms with Crippen molar-refractivity contribution < 1.29 is 0 Å². The highest BCUT2D eigenvalue weighted by molar-refractivity contribution is 6.27. The fourth-order valence-corrected chi connectivity index (χ4v) is 9.70. The van der Waals surface area contributed by atoms with Crippen LogP contribution in [0.3, 0.4) is 0 Å². The van der Waals surface area contributed by atoms with E-state index in [0.717, 1.165) is 17.1 Å². The van der Waals surface area contributed by atoms with Crippen molar-refractivity contribution in [3.63, 3.8) is 0 Å². The number of hydrogen-bond acceptors (Lipinski definition) is 1. The van der Waals surface area contributed by atoms with Gasteiger partial charge in [-0.2, -0.15) is 0 Å². The molecule has 10 aromatic carbocycles. The monoisotopic (exact) mass is 798 g/mol. The lowest BCUT2D eigenvalue weighted by atomic mass is 9.86. The number of hydrogen-bond donors (Lipinski definition) is 0. The molecule has 0 aliphatic rings. The number of para-hydroxylation sites is 2. The molecule has 0 aliphatic carbocycles. The Morgan fingerprint density at radius 2 is 0.726 bits per heavy atom. The van der Waals surface area contributed by atoms with Crippen LogP contribution in [0.5, 0.6) is 0 Å². The fourth-order valence-electron chi connectivity index (χ4n) is 9.70. The maximum absolute atomic E-state index is 2.46. The van der Waals surface area contributed by atoms with Crippen LogP contribution < -0.4 is 4.90 Å². The number of fused-ring (bicyclic) bond motifs is 3. The van der Waals surface area contributed by atoms with Crippen LogP contribution in [-0.4, -0.2) is 4.57 Å². The van der Waals surface area contributed by atoms with Crippen molar-refractivity contribution in [2.45, 2.75) is 52.4 Å². The Morgan fingerprint density at radius 3 is 1.24 bits per heavy atom. The van der Waals surface area contributed by atoms with E-state index in [1.54, 1.807) is 0 Å². The van der Waals surface area contributed by atoms with Crippen LogP contribution in [0.25, 0.3) is 82.1 Å². The molecule has 0 fully saturated rings. The summed E-state index contributed by atoms with van der Waals surface area (Å²) in [4.78, 5) is 2.44. The largest absolute Gasteiger partial charge is 0.310 e. The van der Waals surface area contributed by atoms with Crippen LogP contribution in [0, 0.1) is 0 Å². The summed E-state index contributed by atoms with van der Waals surface area (Å²) in [5, 5.41) is 10.1. The number of rotatable bonds is 6. The Morgan fingerprint density at radius 1 is 0.339 bits per heavy atom. The van der Waals surface area contributed by atoms with Crippen molar-refractivity contribution in [2.24, 2.45) is 0 Å². The van der Waals surface area contributed by atoms with E-state index in [1.165, 1.54) is 93.2 Å². The van der Waals surface area contributed by atoms with Crippen molar-refractivity contribution in [1.29, 1.82) is 0 Å². The molecule has 0 radical (unpaired) electrons. The molecule has 2 nitrogen and oxygen atoms in total. The first-order valence-corrected chi connectivity index (χ1v) is 21.9. The topological polar surface area (TPSA) is 8.17 Å². The number of benzene rings is 10. The van der Waals surface area contributed by atoms with Gasteiger partial charge in [0.15, 0.2) is 0 Å². The van der Waals surface area contributed by atoms with E-state index in [1.807, 2.05) is 0 Å². The molecule has 0 saturated heterocycles. The molecule has 1 heterocycles. The van der Waals surface area contributed by atoms with Crippen LogP contribution >= 0.6 is 0 Å². The molecule has 11 aromatic rings. The minimum atomic E-state index is 0.0531. The first kappa shape index (κ1) is 37.8. The second-order valence-electron chi connectivity index (χ2n) is 19.0. The van der Waals surface area contributed by atoms with E-state index >= 15 is 0 Å². The minimum absolute atomic E-state index is 0.0531. The molecule has 11 rings (SSSR count). The number of anilines is 3. The van der Waals surface area contributed by atoms with Crippen molar-refractivity contribution >= 4 is 71.2 Å². The zero-order chi connectivity index (χ0) is 42.3. The number of aromatic nitrogens is 1. The van der Waals surface area contributed by atoms with Crippen molar-refractivity contribution in [3.8, 4) is 27.9 Å². The average Bonchev–Trinajstić information content (AvgIpc) is 3.63. The van der Waals surface area contributed by atoms with E-state index in [2.05, 4.69) is 245 Å². The SMILES string of the molecule is CC(C)(C)c1ccc(-c2ccc(-c3ccc(N(c4ccc(C(C)(C)C)cc4)c4ccc5ccc6c(-n7c8ccccc8c8ccccc87)ccc7ccc4c5c76)cc3)cc2)cc1. The lowest BCUT2D eigenvalue weighted by molar-refractivity contribution is 0.590. The van der Waals surface area contributed by atoms with Crippen LogP contribution in [0.2, 0.25) is 0 Å². The molecule has 300 valence electrons.